The largest absolute Gasteiger partial charge is 0.384 e. The lowest BCUT2D eigenvalue weighted by Gasteiger charge is -2.13. The number of anilines is 1. The molecule has 12 heteroatoms. The Bertz CT molecular complexity index is 1630. The van der Waals surface area contributed by atoms with Crippen molar-refractivity contribution in [2.75, 3.05) is 38.3 Å². The molecule has 0 saturated heterocycles. The fourth-order valence-corrected chi connectivity index (χ4v) is 6.81. The van der Waals surface area contributed by atoms with Crippen LogP contribution in [0.2, 0.25) is 9.36 Å². The number of benzene rings is 2. The van der Waals surface area contributed by atoms with Gasteiger partial charge in [0.15, 0.2) is 15.6 Å². The molecule has 0 radical (unpaired) electrons. The Kier molecular flexibility index (Phi) is 8.35. The van der Waals surface area contributed by atoms with E-state index in [1.807, 2.05) is 26.2 Å². The van der Waals surface area contributed by atoms with Crippen molar-refractivity contribution in [2.45, 2.75) is 10.6 Å². The number of ketones is 1. The lowest BCUT2D eigenvalue weighted by Crippen LogP contribution is -2.21. The molecule has 37 heavy (non-hydrogen) atoms. The quantitative estimate of drug-likeness (QED) is 0.299. The first kappa shape index (κ1) is 27.3. The minimum atomic E-state index is -3.77. The van der Waals surface area contributed by atoms with Crippen LogP contribution in [0.25, 0.3) is 16.6 Å². The average molecular weight is 580 g/mol. The van der Waals surface area contributed by atoms with Crippen molar-refractivity contribution < 1.29 is 13.2 Å². The van der Waals surface area contributed by atoms with E-state index >= 15 is 0 Å². The predicted octanol–water partition coefficient (Wildman–Crippen LogP) is 4.31. The third-order valence-electron chi connectivity index (χ3n) is 5.53. The zero-order chi connectivity index (χ0) is 26.7. The maximum absolute atomic E-state index is 13.2. The summed E-state index contributed by atoms with van der Waals surface area (Å²) < 4.78 is 26.6. The van der Waals surface area contributed by atoms with Gasteiger partial charge in [0, 0.05) is 25.2 Å². The van der Waals surface area contributed by atoms with Crippen LogP contribution in [-0.2, 0) is 21.1 Å². The SMILES string of the molecule is CN(C)CCNc1ccc2c(=O)n(-c3ccc(CC(=O)CS(=O)(=O)c4ccc(Cl)s4)cc3Cl)cnc2c1. The normalized spacial score (nSPS) is 11.8. The van der Waals surface area contributed by atoms with Gasteiger partial charge in [0.1, 0.15) is 16.3 Å². The number of Topliss-reactive ketones (excluding diaryl/α,β-unsaturated/α-hetero) is 1. The molecule has 0 aliphatic rings. The third-order valence-corrected chi connectivity index (χ3v) is 9.32. The van der Waals surface area contributed by atoms with Crippen LogP contribution in [0.3, 0.4) is 0 Å². The standard InChI is InChI=1S/C25H24Cl2N4O4S2/c1-30(2)10-9-28-17-4-5-19-21(13-17)29-15-31(25(19)33)22-6-3-16(12-20(22)26)11-18(32)14-37(34,35)24-8-7-23(27)36-24/h3-8,12-13,15,28H,9-11,14H2,1-2H3. The molecular formula is C25H24Cl2N4O4S2. The molecule has 0 saturated carbocycles. The molecule has 0 fully saturated rings. The molecular weight excluding hydrogens is 555 g/mol. The number of nitrogens with one attached hydrogen (secondary N) is 1. The van der Waals surface area contributed by atoms with Crippen LogP contribution in [0, 0.1) is 0 Å². The minimum Gasteiger partial charge on any atom is -0.384 e. The van der Waals surface area contributed by atoms with Gasteiger partial charge >= 0.3 is 0 Å². The highest BCUT2D eigenvalue weighted by Crippen LogP contribution is 2.27. The van der Waals surface area contributed by atoms with E-state index in [4.69, 9.17) is 23.2 Å². The van der Waals surface area contributed by atoms with Gasteiger partial charge in [-0.25, -0.2) is 13.4 Å². The number of rotatable bonds is 10. The number of carbonyl (C=O) groups is 1. The molecule has 2 heterocycles. The van der Waals surface area contributed by atoms with Crippen molar-refractivity contribution in [3.8, 4) is 5.69 Å². The lowest BCUT2D eigenvalue weighted by molar-refractivity contribution is -0.116. The highest BCUT2D eigenvalue weighted by molar-refractivity contribution is 7.94. The number of sulfone groups is 1. The highest BCUT2D eigenvalue weighted by Gasteiger charge is 2.22. The number of nitrogens with zero attached hydrogens (tertiary/aromatic N) is 3. The van der Waals surface area contributed by atoms with Gasteiger partial charge in [-0.2, -0.15) is 0 Å². The summed E-state index contributed by atoms with van der Waals surface area (Å²) in [7, 11) is 0.223. The Hall–Kier alpha value is -2.76. The maximum Gasteiger partial charge on any atom is 0.265 e. The fraction of sp³-hybridized carbons (Fsp3) is 0.240. The van der Waals surface area contributed by atoms with E-state index in [-0.39, 0.29) is 21.2 Å². The Balaban J connectivity index is 1.51. The summed E-state index contributed by atoms with van der Waals surface area (Å²) in [6, 6.07) is 13.1. The lowest BCUT2D eigenvalue weighted by atomic mass is 10.1. The van der Waals surface area contributed by atoms with Crippen LogP contribution in [0.1, 0.15) is 5.56 Å². The van der Waals surface area contributed by atoms with Crippen LogP contribution in [0.5, 0.6) is 0 Å². The van der Waals surface area contributed by atoms with Gasteiger partial charge in [-0.1, -0.05) is 29.3 Å². The highest BCUT2D eigenvalue weighted by atomic mass is 35.5. The van der Waals surface area contributed by atoms with Gasteiger partial charge < -0.3 is 10.2 Å². The molecule has 8 nitrogen and oxygen atoms in total. The van der Waals surface area contributed by atoms with Crippen LogP contribution in [-0.4, -0.2) is 61.6 Å². The fourth-order valence-electron chi connectivity index (χ4n) is 3.71. The van der Waals surface area contributed by atoms with E-state index < -0.39 is 21.4 Å². The zero-order valence-corrected chi connectivity index (χ0v) is 23.2. The second-order valence-electron chi connectivity index (χ2n) is 8.70. The van der Waals surface area contributed by atoms with Crippen molar-refractivity contribution in [1.29, 1.82) is 0 Å². The molecule has 0 amide bonds. The van der Waals surface area contributed by atoms with Crippen molar-refractivity contribution >= 4 is 66.7 Å². The number of hydrogen-bond donors (Lipinski definition) is 1. The van der Waals surface area contributed by atoms with Crippen molar-refractivity contribution in [2.24, 2.45) is 0 Å². The van der Waals surface area contributed by atoms with Crippen LogP contribution in [0.4, 0.5) is 5.69 Å². The Morgan fingerprint density at radius 3 is 2.57 bits per heavy atom. The molecule has 1 N–H and O–H groups in total. The van der Waals surface area contributed by atoms with Crippen LogP contribution >= 0.6 is 34.5 Å². The zero-order valence-electron chi connectivity index (χ0n) is 20.1. The number of likely N-dealkylation sites (N-methyl/N-ethyl adjacent to an activating group) is 1. The number of carbonyl (C=O) groups excluding carboxylic acids is 1. The number of fused-ring (bicyclic) bond motifs is 1. The van der Waals surface area contributed by atoms with Crippen LogP contribution in [0.15, 0.2) is 63.9 Å². The van der Waals surface area contributed by atoms with Gasteiger partial charge in [0.2, 0.25) is 0 Å². The summed E-state index contributed by atoms with van der Waals surface area (Å²) in [6.07, 6.45) is 1.30. The summed E-state index contributed by atoms with van der Waals surface area (Å²) in [6.45, 7) is 1.63. The van der Waals surface area contributed by atoms with Crippen molar-refractivity contribution in [3.05, 3.63) is 80.1 Å². The summed E-state index contributed by atoms with van der Waals surface area (Å²) in [5.41, 5.74) is 2.09. The van der Waals surface area contributed by atoms with Gasteiger partial charge in [-0.3, -0.25) is 14.2 Å². The van der Waals surface area contributed by atoms with E-state index in [0.717, 1.165) is 30.1 Å². The van der Waals surface area contributed by atoms with Crippen LogP contribution < -0.4 is 10.9 Å². The van der Waals surface area contributed by atoms with E-state index in [1.54, 1.807) is 24.3 Å². The van der Waals surface area contributed by atoms with E-state index in [1.165, 1.54) is 23.0 Å². The molecule has 194 valence electrons. The van der Waals surface area contributed by atoms with Gasteiger partial charge in [0.25, 0.3) is 5.56 Å². The molecule has 0 spiro atoms. The smallest absolute Gasteiger partial charge is 0.265 e. The van der Waals surface area contributed by atoms with E-state index in [9.17, 15) is 18.0 Å². The summed E-state index contributed by atoms with van der Waals surface area (Å²) in [5, 5.41) is 3.99. The number of halogens is 2. The Labute approximate surface area is 228 Å². The van der Waals surface area contributed by atoms with Gasteiger partial charge in [-0.05, 0) is 62.1 Å². The minimum absolute atomic E-state index is 0.0545. The molecule has 2 aromatic carbocycles. The number of thiophene rings is 1. The summed E-state index contributed by atoms with van der Waals surface area (Å²) in [5.74, 6) is -1.11. The van der Waals surface area contributed by atoms with Gasteiger partial charge in [0.05, 0.1) is 25.9 Å². The molecule has 0 atom stereocenters. The molecule has 2 aromatic heterocycles. The Morgan fingerprint density at radius 1 is 1.11 bits per heavy atom. The predicted molar refractivity (Wildman–Crippen MR) is 149 cm³/mol. The first-order valence-electron chi connectivity index (χ1n) is 11.2. The molecule has 0 unspecified atom stereocenters. The average Bonchev–Trinajstić information content (AvgIpc) is 3.27. The maximum atomic E-state index is 13.2. The second kappa shape index (κ2) is 11.3. The molecule has 4 aromatic rings. The summed E-state index contributed by atoms with van der Waals surface area (Å²) in [4.78, 5) is 32.1. The Morgan fingerprint density at radius 2 is 1.89 bits per heavy atom. The molecule has 0 aliphatic carbocycles. The number of aromatic nitrogens is 2. The monoisotopic (exact) mass is 578 g/mol. The van der Waals surface area contributed by atoms with Gasteiger partial charge in [-0.15, -0.1) is 11.3 Å². The first-order valence-corrected chi connectivity index (χ1v) is 14.4. The third kappa shape index (κ3) is 6.58. The topological polar surface area (TPSA) is 101 Å². The van der Waals surface area contributed by atoms with E-state index in [2.05, 4.69) is 15.2 Å². The van der Waals surface area contributed by atoms with Crippen molar-refractivity contribution in [3.63, 3.8) is 0 Å². The molecule has 0 bridgehead atoms. The number of hydrogen-bond acceptors (Lipinski definition) is 8. The first-order chi connectivity index (χ1) is 17.5. The second-order valence-corrected chi connectivity index (χ2v) is 13.0. The molecule has 4 rings (SSSR count). The van der Waals surface area contributed by atoms with Crippen molar-refractivity contribution in [1.82, 2.24) is 14.5 Å². The van der Waals surface area contributed by atoms with E-state index in [0.29, 0.717) is 26.5 Å². The molecule has 0 aliphatic heterocycles. The summed E-state index contributed by atoms with van der Waals surface area (Å²) >= 11 is 13.2.